The number of benzene rings is 2. The van der Waals surface area contributed by atoms with Gasteiger partial charge in [-0.15, -0.1) is 5.10 Å². The van der Waals surface area contributed by atoms with Crippen molar-refractivity contribution in [2.24, 2.45) is 10.2 Å². The number of para-hydroxylation sites is 1. The lowest BCUT2D eigenvalue weighted by molar-refractivity contribution is -0.112. The molecule has 138 valence electrons. The highest BCUT2D eigenvalue weighted by atomic mass is 16.5. The largest absolute Gasteiger partial charge is 0.378 e. The molecule has 0 unspecified atom stereocenters. The zero-order valence-electron chi connectivity index (χ0n) is 15.3. The molecule has 0 saturated carbocycles. The fourth-order valence-corrected chi connectivity index (χ4v) is 3.42. The van der Waals surface area contributed by atoms with Crippen LogP contribution in [0.3, 0.4) is 0 Å². The molecule has 27 heavy (non-hydrogen) atoms. The van der Waals surface area contributed by atoms with E-state index in [1.54, 1.807) is 11.1 Å². The lowest BCUT2D eigenvalue weighted by atomic mass is 10.1. The number of hydrogen-bond donors (Lipinski definition) is 0. The quantitative estimate of drug-likeness (QED) is 0.621. The first-order valence-electron chi connectivity index (χ1n) is 9.23. The average Bonchev–Trinajstić information content (AvgIpc) is 3.00. The molecule has 0 bridgehead atoms. The van der Waals surface area contributed by atoms with Crippen molar-refractivity contribution in [3.63, 3.8) is 0 Å². The van der Waals surface area contributed by atoms with E-state index in [-0.39, 0.29) is 5.91 Å². The normalized spacial score (nSPS) is 18.6. The van der Waals surface area contributed by atoms with Gasteiger partial charge in [0.25, 0.3) is 5.91 Å². The molecule has 2 aromatic rings. The van der Waals surface area contributed by atoms with Crippen molar-refractivity contribution >= 4 is 29.2 Å². The van der Waals surface area contributed by atoms with Crippen molar-refractivity contribution in [1.82, 2.24) is 0 Å². The van der Waals surface area contributed by atoms with Crippen LogP contribution in [0.4, 0.5) is 11.4 Å². The molecule has 0 aliphatic carbocycles. The van der Waals surface area contributed by atoms with Crippen LogP contribution in [0.5, 0.6) is 0 Å². The number of amides is 1. The number of fused-ring (bicyclic) bond motifs is 1. The van der Waals surface area contributed by atoms with Crippen LogP contribution in [-0.4, -0.2) is 50.7 Å². The fourth-order valence-electron chi connectivity index (χ4n) is 3.42. The summed E-state index contributed by atoms with van der Waals surface area (Å²) in [7, 11) is 0. The Morgan fingerprint density at radius 3 is 2.56 bits per heavy atom. The number of anilines is 2. The lowest BCUT2D eigenvalue weighted by Gasteiger charge is -2.28. The summed E-state index contributed by atoms with van der Waals surface area (Å²) in [6.45, 7) is 5.93. The summed E-state index contributed by atoms with van der Waals surface area (Å²) in [4.78, 5) is 16.6. The molecule has 1 amide bonds. The Morgan fingerprint density at radius 2 is 1.81 bits per heavy atom. The Bertz CT molecular complexity index is 883. The Labute approximate surface area is 158 Å². The molecule has 2 heterocycles. The number of carbonyl (C=O) groups is 1. The van der Waals surface area contributed by atoms with E-state index in [2.05, 4.69) is 27.2 Å². The van der Waals surface area contributed by atoms with Crippen molar-refractivity contribution in [3.8, 4) is 0 Å². The van der Waals surface area contributed by atoms with E-state index in [0.29, 0.717) is 12.3 Å². The van der Waals surface area contributed by atoms with Crippen LogP contribution in [0, 0.1) is 0 Å². The van der Waals surface area contributed by atoms with Crippen LogP contribution in [0.2, 0.25) is 0 Å². The van der Waals surface area contributed by atoms with Gasteiger partial charge in [-0.05, 0) is 30.7 Å². The minimum Gasteiger partial charge on any atom is -0.378 e. The molecule has 6 heteroatoms. The third-order valence-electron chi connectivity index (χ3n) is 4.85. The molecule has 0 radical (unpaired) electrons. The van der Waals surface area contributed by atoms with Gasteiger partial charge >= 0.3 is 0 Å². The van der Waals surface area contributed by atoms with Gasteiger partial charge in [0.15, 0.2) is 5.71 Å². The molecular weight excluding hydrogens is 340 g/mol. The summed E-state index contributed by atoms with van der Waals surface area (Å²) in [5, 5.41) is 8.38. The van der Waals surface area contributed by atoms with Crippen LogP contribution in [0.25, 0.3) is 0 Å². The predicted octanol–water partition coefficient (Wildman–Crippen LogP) is 2.71. The van der Waals surface area contributed by atoms with Crippen molar-refractivity contribution in [3.05, 3.63) is 59.7 Å². The van der Waals surface area contributed by atoms with Gasteiger partial charge in [-0.25, -0.2) is 0 Å². The highest BCUT2D eigenvalue weighted by molar-refractivity contribution is 6.54. The van der Waals surface area contributed by atoms with Gasteiger partial charge < -0.3 is 14.5 Å². The van der Waals surface area contributed by atoms with E-state index in [1.807, 2.05) is 43.3 Å². The molecule has 2 aromatic carbocycles. The minimum atomic E-state index is -0.0986. The van der Waals surface area contributed by atoms with Gasteiger partial charge in [0, 0.05) is 30.9 Å². The molecule has 0 aromatic heterocycles. The monoisotopic (exact) mass is 362 g/mol. The van der Waals surface area contributed by atoms with Crippen LogP contribution < -0.4 is 9.80 Å². The molecule has 1 saturated heterocycles. The summed E-state index contributed by atoms with van der Waals surface area (Å²) in [5.74, 6) is -0.0986. The van der Waals surface area contributed by atoms with E-state index >= 15 is 0 Å². The van der Waals surface area contributed by atoms with Gasteiger partial charge in [-0.1, -0.05) is 30.3 Å². The summed E-state index contributed by atoms with van der Waals surface area (Å²) in [5.41, 5.74) is 4.26. The number of carbonyl (C=O) groups excluding carboxylic acids is 1. The molecule has 1 fully saturated rings. The van der Waals surface area contributed by atoms with Crippen LogP contribution in [-0.2, 0) is 9.53 Å². The number of morpholine rings is 1. The second-order valence-corrected chi connectivity index (χ2v) is 6.45. The zero-order valence-corrected chi connectivity index (χ0v) is 15.3. The summed E-state index contributed by atoms with van der Waals surface area (Å²) >= 11 is 0. The first kappa shape index (κ1) is 17.4. The Morgan fingerprint density at radius 1 is 1.07 bits per heavy atom. The summed E-state index contributed by atoms with van der Waals surface area (Å²) in [6.07, 6.45) is 1.68. The molecule has 4 rings (SSSR count). The minimum absolute atomic E-state index is 0.0986. The summed E-state index contributed by atoms with van der Waals surface area (Å²) in [6, 6.07) is 15.9. The maximum atomic E-state index is 12.6. The standard InChI is InChI=1S/C21H22N4O2/c1-2-25-19-6-4-3-5-18(19)20(21(25)26)23-22-15-16-7-9-17(10-8-16)24-11-13-27-14-12-24/h3-10,15H,2,11-14H2,1H3/b22-15-,23-20+. The van der Waals surface area contributed by atoms with Gasteiger partial charge in [0.2, 0.25) is 0 Å². The Balaban J connectivity index is 1.51. The van der Waals surface area contributed by atoms with Crippen LogP contribution >= 0.6 is 0 Å². The first-order valence-corrected chi connectivity index (χ1v) is 9.23. The Kier molecular flexibility index (Phi) is 4.98. The third kappa shape index (κ3) is 3.48. The second kappa shape index (κ2) is 7.72. The highest BCUT2D eigenvalue weighted by Crippen LogP contribution is 2.28. The van der Waals surface area contributed by atoms with Crippen LogP contribution in [0.15, 0.2) is 58.7 Å². The van der Waals surface area contributed by atoms with Gasteiger partial charge in [0.1, 0.15) is 0 Å². The number of rotatable bonds is 4. The molecule has 6 nitrogen and oxygen atoms in total. The smallest absolute Gasteiger partial charge is 0.279 e. The molecule has 2 aliphatic heterocycles. The maximum Gasteiger partial charge on any atom is 0.279 e. The molecular formula is C21H22N4O2. The maximum absolute atomic E-state index is 12.6. The van der Waals surface area contributed by atoms with Gasteiger partial charge in [-0.3, -0.25) is 4.79 Å². The molecule has 2 aliphatic rings. The van der Waals surface area contributed by atoms with E-state index in [9.17, 15) is 4.79 Å². The van der Waals surface area contributed by atoms with Crippen molar-refractivity contribution in [1.29, 1.82) is 0 Å². The van der Waals surface area contributed by atoms with Crippen LogP contribution in [0.1, 0.15) is 18.1 Å². The number of likely N-dealkylation sites (N-methyl/N-ethyl adjacent to an activating group) is 1. The number of hydrogen-bond acceptors (Lipinski definition) is 5. The summed E-state index contributed by atoms with van der Waals surface area (Å²) < 4.78 is 5.39. The van der Waals surface area contributed by atoms with Crippen molar-refractivity contribution in [2.75, 3.05) is 42.6 Å². The molecule has 0 N–H and O–H groups in total. The lowest BCUT2D eigenvalue weighted by Crippen LogP contribution is -2.36. The first-order chi connectivity index (χ1) is 13.3. The van der Waals surface area contributed by atoms with Gasteiger partial charge in [-0.2, -0.15) is 5.10 Å². The van der Waals surface area contributed by atoms with E-state index in [0.717, 1.165) is 43.1 Å². The Hall–Kier alpha value is -2.99. The van der Waals surface area contributed by atoms with E-state index in [4.69, 9.17) is 4.74 Å². The highest BCUT2D eigenvalue weighted by Gasteiger charge is 2.32. The third-order valence-corrected chi connectivity index (χ3v) is 4.85. The van der Waals surface area contributed by atoms with E-state index in [1.165, 1.54) is 5.69 Å². The number of ether oxygens (including phenoxy) is 1. The van der Waals surface area contributed by atoms with E-state index < -0.39 is 0 Å². The molecule has 0 spiro atoms. The van der Waals surface area contributed by atoms with Gasteiger partial charge in [0.05, 0.1) is 25.1 Å². The second-order valence-electron chi connectivity index (χ2n) is 6.45. The fraction of sp³-hybridized carbons (Fsp3) is 0.286. The zero-order chi connectivity index (χ0) is 18.6. The average molecular weight is 362 g/mol. The predicted molar refractivity (Wildman–Crippen MR) is 108 cm³/mol. The van der Waals surface area contributed by atoms with Crippen molar-refractivity contribution in [2.45, 2.75) is 6.92 Å². The van der Waals surface area contributed by atoms with Crippen molar-refractivity contribution < 1.29 is 9.53 Å². The molecule has 0 atom stereocenters. The SMILES string of the molecule is CCN1C(=O)/C(=N/N=C\c2ccc(N3CCOCC3)cc2)c2ccccc21. The topological polar surface area (TPSA) is 57.5 Å². The number of nitrogens with zero attached hydrogens (tertiary/aromatic N) is 4.